The van der Waals surface area contributed by atoms with E-state index >= 15 is 0 Å². The smallest absolute Gasteiger partial charge is 0.0900 e. The standard InChI is InChI=1S/C18H29NO2/c1-5-10-21-14-18(20)13-19(16(4)6-2)12-17-9-7-8-15(3)11-17/h5,7-9,11,16,18,20H,1,6,10,12-14H2,2-4H3/t16-,18-/m0/s1. The molecule has 0 aliphatic carbocycles. The number of rotatable bonds is 10. The molecule has 0 saturated carbocycles. The van der Waals surface area contributed by atoms with E-state index in [1.165, 1.54) is 11.1 Å². The summed E-state index contributed by atoms with van der Waals surface area (Å²) in [5.41, 5.74) is 2.56. The highest BCUT2D eigenvalue weighted by molar-refractivity contribution is 5.22. The van der Waals surface area contributed by atoms with Gasteiger partial charge in [0, 0.05) is 19.1 Å². The minimum absolute atomic E-state index is 0.354. The second kappa shape index (κ2) is 9.72. The molecule has 3 nitrogen and oxygen atoms in total. The Labute approximate surface area is 129 Å². The number of aryl methyl sites for hydroxylation is 1. The minimum Gasteiger partial charge on any atom is -0.389 e. The molecule has 3 heteroatoms. The molecule has 2 atom stereocenters. The summed E-state index contributed by atoms with van der Waals surface area (Å²) < 4.78 is 5.33. The van der Waals surface area contributed by atoms with E-state index in [2.05, 4.69) is 56.5 Å². The van der Waals surface area contributed by atoms with Crippen molar-refractivity contribution in [1.29, 1.82) is 0 Å². The number of aliphatic hydroxyl groups excluding tert-OH is 1. The molecule has 0 saturated heterocycles. The Morgan fingerprint density at radius 3 is 2.81 bits per heavy atom. The fourth-order valence-electron chi connectivity index (χ4n) is 2.31. The third-order valence-corrected chi connectivity index (χ3v) is 3.67. The van der Waals surface area contributed by atoms with Crippen LogP contribution in [0, 0.1) is 6.92 Å². The van der Waals surface area contributed by atoms with Crippen LogP contribution in [0.25, 0.3) is 0 Å². The number of hydrogen-bond donors (Lipinski definition) is 1. The Morgan fingerprint density at radius 1 is 1.43 bits per heavy atom. The summed E-state index contributed by atoms with van der Waals surface area (Å²) >= 11 is 0. The van der Waals surface area contributed by atoms with Gasteiger partial charge in [0.1, 0.15) is 0 Å². The molecular formula is C18H29NO2. The quantitative estimate of drug-likeness (QED) is 0.531. The molecule has 0 aliphatic heterocycles. The van der Waals surface area contributed by atoms with Crippen LogP contribution in [0.3, 0.4) is 0 Å². The van der Waals surface area contributed by atoms with Gasteiger partial charge in [-0.3, -0.25) is 4.90 Å². The van der Waals surface area contributed by atoms with E-state index in [1.54, 1.807) is 6.08 Å². The minimum atomic E-state index is -0.469. The monoisotopic (exact) mass is 291 g/mol. The SMILES string of the molecule is C=CCOC[C@@H](O)CN(Cc1cccc(C)c1)[C@@H](C)CC. The lowest BCUT2D eigenvalue weighted by Gasteiger charge is -2.30. The lowest BCUT2D eigenvalue weighted by Crippen LogP contribution is -2.39. The molecule has 21 heavy (non-hydrogen) atoms. The lowest BCUT2D eigenvalue weighted by atomic mass is 10.1. The Balaban J connectivity index is 2.61. The zero-order chi connectivity index (χ0) is 15.7. The van der Waals surface area contributed by atoms with Crippen LogP contribution in [-0.4, -0.2) is 41.9 Å². The lowest BCUT2D eigenvalue weighted by molar-refractivity contribution is 0.0157. The molecule has 0 radical (unpaired) electrons. The first-order valence-electron chi connectivity index (χ1n) is 7.73. The van der Waals surface area contributed by atoms with Crippen LogP contribution in [0.1, 0.15) is 31.4 Å². The van der Waals surface area contributed by atoms with Gasteiger partial charge in [-0.25, -0.2) is 0 Å². The number of benzene rings is 1. The van der Waals surface area contributed by atoms with Crippen LogP contribution in [0.2, 0.25) is 0 Å². The topological polar surface area (TPSA) is 32.7 Å². The average molecular weight is 291 g/mol. The maximum atomic E-state index is 10.1. The van der Waals surface area contributed by atoms with Crippen molar-refractivity contribution in [3.8, 4) is 0 Å². The van der Waals surface area contributed by atoms with Crippen LogP contribution in [0.15, 0.2) is 36.9 Å². The van der Waals surface area contributed by atoms with Crippen LogP contribution in [0.5, 0.6) is 0 Å². The van der Waals surface area contributed by atoms with Gasteiger partial charge in [0.05, 0.1) is 19.3 Å². The first kappa shape index (κ1) is 17.9. The molecule has 118 valence electrons. The van der Waals surface area contributed by atoms with Gasteiger partial charge >= 0.3 is 0 Å². The van der Waals surface area contributed by atoms with E-state index in [1.807, 2.05) is 0 Å². The molecule has 0 heterocycles. The second-order valence-corrected chi connectivity index (χ2v) is 5.66. The fourth-order valence-corrected chi connectivity index (χ4v) is 2.31. The maximum Gasteiger partial charge on any atom is 0.0900 e. The third-order valence-electron chi connectivity index (χ3n) is 3.67. The molecule has 0 spiro atoms. The van der Waals surface area contributed by atoms with E-state index in [0.717, 1.165) is 13.0 Å². The van der Waals surface area contributed by atoms with Crippen LogP contribution in [-0.2, 0) is 11.3 Å². The summed E-state index contributed by atoms with van der Waals surface area (Å²) in [6, 6.07) is 8.97. The Bertz CT molecular complexity index is 419. The summed E-state index contributed by atoms with van der Waals surface area (Å²) in [6.45, 7) is 12.4. The molecule has 0 amide bonds. The van der Waals surface area contributed by atoms with Crippen molar-refractivity contribution < 1.29 is 9.84 Å². The van der Waals surface area contributed by atoms with Gasteiger partial charge in [-0.2, -0.15) is 0 Å². The van der Waals surface area contributed by atoms with Gasteiger partial charge in [0.25, 0.3) is 0 Å². The van der Waals surface area contributed by atoms with E-state index in [4.69, 9.17) is 4.74 Å². The van der Waals surface area contributed by atoms with Crippen molar-refractivity contribution in [1.82, 2.24) is 4.90 Å². The first-order chi connectivity index (χ1) is 10.1. The molecular weight excluding hydrogens is 262 g/mol. The summed E-state index contributed by atoms with van der Waals surface area (Å²) in [7, 11) is 0. The molecule has 0 aromatic heterocycles. The van der Waals surface area contributed by atoms with Crippen LogP contribution < -0.4 is 0 Å². The average Bonchev–Trinajstić information content (AvgIpc) is 2.46. The van der Waals surface area contributed by atoms with Crippen molar-refractivity contribution in [2.75, 3.05) is 19.8 Å². The zero-order valence-electron chi connectivity index (χ0n) is 13.6. The van der Waals surface area contributed by atoms with Crippen molar-refractivity contribution in [3.63, 3.8) is 0 Å². The van der Waals surface area contributed by atoms with Gasteiger partial charge in [-0.15, -0.1) is 6.58 Å². The maximum absolute atomic E-state index is 10.1. The van der Waals surface area contributed by atoms with Crippen molar-refractivity contribution >= 4 is 0 Å². The third kappa shape index (κ3) is 6.89. The normalized spacial score (nSPS) is 14.1. The summed E-state index contributed by atoms with van der Waals surface area (Å²) in [5, 5.41) is 10.1. The Morgan fingerprint density at radius 2 is 2.19 bits per heavy atom. The zero-order valence-corrected chi connectivity index (χ0v) is 13.6. The summed E-state index contributed by atoms with van der Waals surface area (Å²) in [4.78, 5) is 2.32. The predicted molar refractivity (Wildman–Crippen MR) is 88.4 cm³/mol. The van der Waals surface area contributed by atoms with Crippen LogP contribution >= 0.6 is 0 Å². The first-order valence-corrected chi connectivity index (χ1v) is 7.73. The highest BCUT2D eigenvalue weighted by Gasteiger charge is 2.17. The van der Waals surface area contributed by atoms with Crippen LogP contribution in [0.4, 0.5) is 0 Å². The largest absolute Gasteiger partial charge is 0.389 e. The van der Waals surface area contributed by atoms with Crippen molar-refractivity contribution in [2.45, 2.75) is 45.9 Å². The van der Waals surface area contributed by atoms with E-state index < -0.39 is 6.10 Å². The number of hydrogen-bond acceptors (Lipinski definition) is 3. The number of nitrogens with zero attached hydrogens (tertiary/aromatic N) is 1. The fraction of sp³-hybridized carbons (Fsp3) is 0.556. The van der Waals surface area contributed by atoms with Crippen molar-refractivity contribution in [3.05, 3.63) is 48.0 Å². The predicted octanol–water partition coefficient (Wildman–Crippen LogP) is 3.16. The van der Waals surface area contributed by atoms with Gasteiger partial charge in [-0.05, 0) is 25.8 Å². The molecule has 1 aromatic rings. The van der Waals surface area contributed by atoms with E-state index in [-0.39, 0.29) is 0 Å². The molecule has 0 bridgehead atoms. The molecule has 0 fully saturated rings. The summed E-state index contributed by atoms with van der Waals surface area (Å²) in [6.07, 6.45) is 2.29. The highest BCUT2D eigenvalue weighted by atomic mass is 16.5. The van der Waals surface area contributed by atoms with Gasteiger partial charge in [-0.1, -0.05) is 42.8 Å². The Hall–Kier alpha value is -1.16. The molecule has 1 rings (SSSR count). The second-order valence-electron chi connectivity index (χ2n) is 5.66. The van der Waals surface area contributed by atoms with Gasteiger partial charge in [0.15, 0.2) is 0 Å². The Kier molecular flexibility index (Phi) is 8.28. The van der Waals surface area contributed by atoms with Crippen molar-refractivity contribution in [2.24, 2.45) is 0 Å². The number of aliphatic hydroxyl groups is 1. The molecule has 0 unspecified atom stereocenters. The molecule has 1 aromatic carbocycles. The highest BCUT2D eigenvalue weighted by Crippen LogP contribution is 2.13. The summed E-state index contributed by atoms with van der Waals surface area (Å²) in [5.74, 6) is 0. The van der Waals surface area contributed by atoms with E-state index in [9.17, 15) is 5.11 Å². The number of ether oxygens (including phenoxy) is 1. The van der Waals surface area contributed by atoms with Gasteiger partial charge in [0.2, 0.25) is 0 Å². The van der Waals surface area contributed by atoms with E-state index in [0.29, 0.717) is 25.8 Å². The molecule has 1 N–H and O–H groups in total. The van der Waals surface area contributed by atoms with Gasteiger partial charge < -0.3 is 9.84 Å². The molecule has 0 aliphatic rings.